The molecule has 0 bridgehead atoms. The zero-order valence-electron chi connectivity index (χ0n) is 14.5. The molecule has 0 N–H and O–H groups in total. The topological polar surface area (TPSA) is 59.8 Å². The van der Waals surface area contributed by atoms with E-state index in [9.17, 15) is 9.59 Å². The van der Waals surface area contributed by atoms with E-state index in [1.807, 2.05) is 12.1 Å². The van der Waals surface area contributed by atoms with Crippen molar-refractivity contribution in [3.05, 3.63) is 69.2 Å². The average molecular weight is 374 g/mol. The lowest BCUT2D eigenvalue weighted by atomic mass is 10.1. The zero-order chi connectivity index (χ0) is 18.5. The second kappa shape index (κ2) is 8.23. The molecule has 1 aromatic heterocycles. The number of likely N-dealkylation sites (tertiary alicyclic amines) is 1. The summed E-state index contributed by atoms with van der Waals surface area (Å²) in [5, 5.41) is 0.668. The molecule has 0 saturated carbocycles. The predicted molar refractivity (Wildman–Crippen MR) is 100 cm³/mol. The number of hydrogen-bond acceptors (Lipinski definition) is 4. The van der Waals surface area contributed by atoms with Gasteiger partial charge in [0.05, 0.1) is 6.07 Å². The maximum Gasteiger partial charge on any atom is 0.339 e. The number of halogens is 1. The van der Waals surface area contributed by atoms with E-state index in [4.69, 9.17) is 20.8 Å². The minimum Gasteiger partial charge on any atom is -0.490 e. The largest absolute Gasteiger partial charge is 0.490 e. The number of carbonyl (C=O) groups is 1. The highest BCUT2D eigenvalue weighted by atomic mass is 35.5. The molecule has 5 nitrogen and oxygen atoms in total. The van der Waals surface area contributed by atoms with Crippen molar-refractivity contribution in [2.45, 2.75) is 25.9 Å². The molecule has 2 heterocycles. The third-order valence-corrected chi connectivity index (χ3v) is 4.46. The highest BCUT2D eigenvalue weighted by Gasteiger charge is 2.23. The molecule has 0 radical (unpaired) electrons. The van der Waals surface area contributed by atoms with E-state index in [1.54, 1.807) is 42.2 Å². The molecule has 3 rings (SSSR count). The molecule has 136 valence electrons. The summed E-state index contributed by atoms with van der Waals surface area (Å²) >= 11 is 5.85. The Labute approximate surface area is 156 Å². The zero-order valence-corrected chi connectivity index (χ0v) is 15.2. The highest BCUT2D eigenvalue weighted by molar-refractivity contribution is 6.30. The van der Waals surface area contributed by atoms with Crippen molar-refractivity contribution in [1.29, 1.82) is 0 Å². The summed E-state index contributed by atoms with van der Waals surface area (Å²) in [6.45, 7) is 2.95. The van der Waals surface area contributed by atoms with Crippen LogP contribution in [-0.4, -0.2) is 30.0 Å². The van der Waals surface area contributed by atoms with Crippen LogP contribution in [0.25, 0.3) is 6.08 Å². The lowest BCUT2D eigenvalue weighted by Crippen LogP contribution is -2.41. The maximum absolute atomic E-state index is 12.3. The van der Waals surface area contributed by atoms with Crippen molar-refractivity contribution >= 4 is 23.6 Å². The Balaban J connectivity index is 1.52. The first-order chi connectivity index (χ1) is 12.5. The van der Waals surface area contributed by atoms with Gasteiger partial charge in [-0.3, -0.25) is 4.79 Å². The fraction of sp³-hybridized carbons (Fsp3) is 0.300. The fourth-order valence-electron chi connectivity index (χ4n) is 2.88. The summed E-state index contributed by atoms with van der Waals surface area (Å²) in [5.74, 6) is 1.02. The summed E-state index contributed by atoms with van der Waals surface area (Å²) < 4.78 is 10.8. The van der Waals surface area contributed by atoms with Crippen LogP contribution in [0.5, 0.6) is 5.75 Å². The van der Waals surface area contributed by atoms with E-state index in [1.165, 1.54) is 6.07 Å². The number of piperidine rings is 1. The number of hydrogen-bond donors (Lipinski definition) is 0. The van der Waals surface area contributed by atoms with Crippen molar-refractivity contribution in [1.82, 2.24) is 4.90 Å². The van der Waals surface area contributed by atoms with Gasteiger partial charge in [-0.15, -0.1) is 0 Å². The van der Waals surface area contributed by atoms with Gasteiger partial charge in [0.2, 0.25) is 5.91 Å². The first-order valence-corrected chi connectivity index (χ1v) is 8.88. The van der Waals surface area contributed by atoms with E-state index < -0.39 is 5.63 Å². The normalized spacial score (nSPS) is 15.4. The van der Waals surface area contributed by atoms with Gasteiger partial charge in [-0.05, 0) is 30.7 Å². The van der Waals surface area contributed by atoms with Crippen molar-refractivity contribution in [2.24, 2.45) is 0 Å². The van der Waals surface area contributed by atoms with Gasteiger partial charge in [0.15, 0.2) is 0 Å². The van der Waals surface area contributed by atoms with E-state index in [0.29, 0.717) is 29.6 Å². The smallest absolute Gasteiger partial charge is 0.339 e. The first-order valence-electron chi connectivity index (χ1n) is 8.50. The summed E-state index contributed by atoms with van der Waals surface area (Å²) in [5.41, 5.74) is 0.513. The Bertz CT molecular complexity index is 849. The number of amides is 1. The Morgan fingerprint density at radius 2 is 1.92 bits per heavy atom. The van der Waals surface area contributed by atoms with Gasteiger partial charge in [0.25, 0.3) is 0 Å². The fourth-order valence-corrected chi connectivity index (χ4v) is 3.00. The SMILES string of the molecule is Cc1cc(OC2CCN(C(=O)/C=C/c3ccc(Cl)cc3)CC2)cc(=O)o1. The summed E-state index contributed by atoms with van der Waals surface area (Å²) in [6.07, 6.45) is 4.80. The molecule has 1 fully saturated rings. The number of benzene rings is 1. The molecule has 0 spiro atoms. The van der Waals surface area contributed by atoms with Crippen LogP contribution < -0.4 is 10.4 Å². The summed E-state index contributed by atoms with van der Waals surface area (Å²) in [7, 11) is 0. The molecule has 1 amide bonds. The molecule has 26 heavy (non-hydrogen) atoms. The second-order valence-corrected chi connectivity index (χ2v) is 6.69. The van der Waals surface area contributed by atoms with Crippen molar-refractivity contribution in [3.63, 3.8) is 0 Å². The molecule has 2 aromatic rings. The van der Waals surface area contributed by atoms with E-state index in [0.717, 1.165) is 18.4 Å². The molecule has 1 saturated heterocycles. The van der Waals surface area contributed by atoms with Crippen molar-refractivity contribution < 1.29 is 13.9 Å². The third kappa shape index (κ3) is 4.99. The summed E-state index contributed by atoms with van der Waals surface area (Å²) in [4.78, 5) is 25.5. The first kappa shape index (κ1) is 18.3. The van der Waals surface area contributed by atoms with Crippen LogP contribution >= 0.6 is 11.6 Å². The summed E-state index contributed by atoms with van der Waals surface area (Å²) in [6, 6.07) is 10.4. The van der Waals surface area contributed by atoms with Crippen molar-refractivity contribution in [2.75, 3.05) is 13.1 Å². The third-order valence-electron chi connectivity index (χ3n) is 4.21. The van der Waals surface area contributed by atoms with Gasteiger partial charge in [0.1, 0.15) is 17.6 Å². The lowest BCUT2D eigenvalue weighted by Gasteiger charge is -2.31. The highest BCUT2D eigenvalue weighted by Crippen LogP contribution is 2.19. The number of ether oxygens (including phenoxy) is 1. The Kier molecular flexibility index (Phi) is 5.78. The van der Waals surface area contributed by atoms with Gasteiger partial charge in [0, 0.05) is 43.1 Å². The Morgan fingerprint density at radius 1 is 1.23 bits per heavy atom. The molecular weight excluding hydrogens is 354 g/mol. The van der Waals surface area contributed by atoms with Crippen molar-refractivity contribution in [3.8, 4) is 5.75 Å². The minimum atomic E-state index is -0.417. The standard InChI is InChI=1S/C20H20ClNO4/c1-14-12-18(13-20(24)25-14)26-17-8-10-22(11-9-17)19(23)7-4-15-2-5-16(21)6-3-15/h2-7,12-13,17H,8-11H2,1H3/b7-4+. The van der Waals surface area contributed by atoms with Gasteiger partial charge in [-0.25, -0.2) is 4.79 Å². The van der Waals surface area contributed by atoms with E-state index in [2.05, 4.69) is 0 Å². The molecule has 1 aromatic carbocycles. The molecule has 6 heteroatoms. The predicted octanol–water partition coefficient (Wildman–Crippen LogP) is 3.68. The molecule has 0 aliphatic carbocycles. The number of carbonyl (C=O) groups excluding carboxylic acids is 1. The van der Waals surface area contributed by atoms with Crippen LogP contribution in [0.15, 0.2) is 51.7 Å². The van der Waals surface area contributed by atoms with Crippen LogP contribution in [0, 0.1) is 6.92 Å². The van der Waals surface area contributed by atoms with Gasteiger partial charge in [-0.1, -0.05) is 23.7 Å². The average Bonchev–Trinajstić information content (AvgIpc) is 2.61. The number of aryl methyl sites for hydroxylation is 1. The maximum atomic E-state index is 12.3. The molecule has 0 unspecified atom stereocenters. The second-order valence-electron chi connectivity index (χ2n) is 6.25. The number of rotatable bonds is 4. The number of nitrogens with zero attached hydrogens (tertiary/aromatic N) is 1. The monoisotopic (exact) mass is 373 g/mol. The molecule has 1 aliphatic rings. The quantitative estimate of drug-likeness (QED) is 0.767. The van der Waals surface area contributed by atoms with Crippen LogP contribution in [0.1, 0.15) is 24.2 Å². The van der Waals surface area contributed by atoms with Crippen LogP contribution in [0.4, 0.5) is 0 Å². The van der Waals surface area contributed by atoms with Gasteiger partial charge < -0.3 is 14.1 Å². The van der Waals surface area contributed by atoms with Crippen LogP contribution in [0.2, 0.25) is 5.02 Å². The van der Waals surface area contributed by atoms with Crippen LogP contribution in [0.3, 0.4) is 0 Å². The molecular formula is C20H20ClNO4. The minimum absolute atomic E-state index is 0.0134. The van der Waals surface area contributed by atoms with Crippen LogP contribution in [-0.2, 0) is 4.79 Å². The van der Waals surface area contributed by atoms with E-state index in [-0.39, 0.29) is 12.0 Å². The Morgan fingerprint density at radius 3 is 2.58 bits per heavy atom. The lowest BCUT2D eigenvalue weighted by molar-refractivity contribution is -0.127. The van der Waals surface area contributed by atoms with Gasteiger partial charge >= 0.3 is 5.63 Å². The molecule has 1 aliphatic heterocycles. The molecule has 0 atom stereocenters. The Hall–Kier alpha value is -2.53. The van der Waals surface area contributed by atoms with Gasteiger partial charge in [-0.2, -0.15) is 0 Å². The van der Waals surface area contributed by atoms with E-state index >= 15 is 0 Å².